The molecule has 24 heavy (non-hydrogen) atoms. The molecule has 2 aliphatic rings. The van der Waals surface area contributed by atoms with Crippen molar-refractivity contribution in [2.45, 2.75) is 37.6 Å². The molecule has 0 radical (unpaired) electrons. The molecule has 1 aromatic rings. The Kier molecular flexibility index (Phi) is 4.26. The Hall–Kier alpha value is -2.44. The van der Waals surface area contributed by atoms with Crippen LogP contribution in [0, 0.1) is 5.82 Å². The van der Waals surface area contributed by atoms with Gasteiger partial charge in [0.1, 0.15) is 17.9 Å². The number of nitrogens with zero attached hydrogens (tertiary/aromatic N) is 2. The second-order valence-electron chi connectivity index (χ2n) is 6.38. The highest BCUT2D eigenvalue weighted by atomic mass is 19.1. The molecule has 1 saturated heterocycles. The van der Waals surface area contributed by atoms with Crippen LogP contribution < -0.4 is 5.32 Å². The van der Waals surface area contributed by atoms with E-state index in [0.717, 1.165) is 24.2 Å². The third kappa shape index (κ3) is 2.74. The molecule has 0 unspecified atom stereocenters. The molecule has 1 spiro atoms. The summed E-state index contributed by atoms with van der Waals surface area (Å²) in [6.07, 6.45) is 4.11. The van der Waals surface area contributed by atoms with E-state index in [-0.39, 0.29) is 12.5 Å². The summed E-state index contributed by atoms with van der Waals surface area (Å²) in [6, 6.07) is 5.02. The maximum absolute atomic E-state index is 13.2. The third-order valence-corrected chi connectivity index (χ3v) is 4.89. The van der Waals surface area contributed by atoms with E-state index in [0.29, 0.717) is 18.5 Å². The van der Waals surface area contributed by atoms with Crippen LogP contribution in [0.25, 0.3) is 0 Å². The molecule has 0 aromatic heterocycles. The van der Waals surface area contributed by atoms with Gasteiger partial charge in [-0.15, -0.1) is 0 Å². The Bertz CT molecular complexity index is 685. The van der Waals surface area contributed by atoms with E-state index in [1.165, 1.54) is 23.1 Å². The van der Waals surface area contributed by atoms with Crippen LogP contribution in [0.3, 0.4) is 0 Å². The fraction of sp³-hybridized carbons (Fsp3) is 0.471. The number of hydrogen-bond donors (Lipinski definition) is 1. The van der Waals surface area contributed by atoms with E-state index in [4.69, 9.17) is 0 Å². The zero-order valence-electron chi connectivity index (χ0n) is 13.5. The number of anilines is 1. The Labute approximate surface area is 139 Å². The van der Waals surface area contributed by atoms with E-state index in [1.807, 2.05) is 0 Å². The summed E-state index contributed by atoms with van der Waals surface area (Å²) in [6.45, 7) is -0.361. The summed E-state index contributed by atoms with van der Waals surface area (Å²) in [7, 11) is 1.62. The number of urea groups is 1. The van der Waals surface area contributed by atoms with Crippen LogP contribution >= 0.6 is 0 Å². The zero-order valence-corrected chi connectivity index (χ0v) is 13.5. The van der Waals surface area contributed by atoms with Crippen molar-refractivity contribution in [3.05, 3.63) is 30.1 Å². The Morgan fingerprint density at radius 2 is 1.96 bits per heavy atom. The molecule has 0 atom stereocenters. The minimum Gasteiger partial charge on any atom is -0.324 e. The highest BCUT2D eigenvalue weighted by Crippen LogP contribution is 2.39. The fourth-order valence-corrected chi connectivity index (χ4v) is 3.58. The topological polar surface area (TPSA) is 69.7 Å². The van der Waals surface area contributed by atoms with Crippen LogP contribution in [-0.2, 0) is 9.59 Å². The van der Waals surface area contributed by atoms with Crippen LogP contribution in [-0.4, -0.2) is 46.8 Å². The Morgan fingerprint density at radius 1 is 1.25 bits per heavy atom. The number of carbonyl (C=O) groups excluding carboxylic acids is 3. The molecule has 1 saturated carbocycles. The number of likely N-dealkylation sites (N-methyl/N-ethyl adjacent to an activating group) is 1. The quantitative estimate of drug-likeness (QED) is 0.863. The predicted molar refractivity (Wildman–Crippen MR) is 85.7 cm³/mol. The van der Waals surface area contributed by atoms with Gasteiger partial charge >= 0.3 is 6.03 Å². The summed E-state index contributed by atoms with van der Waals surface area (Å²) >= 11 is 0. The minimum absolute atomic E-state index is 0.292. The lowest BCUT2D eigenvalue weighted by molar-refractivity contribution is -0.136. The molecule has 3 rings (SSSR count). The molecular formula is C17H20FN3O3. The standard InChI is InChI=1S/C17H20FN3O3/c1-20-16(24)21(15(23)17(20)8-3-2-4-9-17)11-14(22)19-13-7-5-6-12(18)10-13/h5-7,10H,2-4,8-9,11H2,1H3,(H,19,22). The van der Waals surface area contributed by atoms with Gasteiger partial charge in [-0.25, -0.2) is 9.18 Å². The largest absolute Gasteiger partial charge is 0.327 e. The molecule has 1 N–H and O–H groups in total. The van der Waals surface area contributed by atoms with E-state index < -0.39 is 23.3 Å². The lowest BCUT2D eigenvalue weighted by Gasteiger charge is -2.35. The SMILES string of the molecule is CN1C(=O)N(CC(=O)Nc2cccc(F)c2)C(=O)C12CCCCC2. The van der Waals surface area contributed by atoms with E-state index in [9.17, 15) is 18.8 Å². The number of halogens is 1. The van der Waals surface area contributed by atoms with Crippen LogP contribution in [0.4, 0.5) is 14.9 Å². The molecular weight excluding hydrogens is 313 g/mol. The predicted octanol–water partition coefficient (Wildman–Crippen LogP) is 2.36. The molecule has 1 aliphatic heterocycles. The normalized spacial score (nSPS) is 19.9. The number of hydrogen-bond acceptors (Lipinski definition) is 3. The van der Waals surface area contributed by atoms with Crippen LogP contribution in [0.2, 0.25) is 0 Å². The summed E-state index contributed by atoms with van der Waals surface area (Å²) in [5.41, 5.74) is -0.506. The first-order valence-corrected chi connectivity index (χ1v) is 8.09. The molecule has 128 valence electrons. The first-order chi connectivity index (χ1) is 11.4. The smallest absolute Gasteiger partial charge is 0.324 e. The molecule has 1 aromatic carbocycles. The molecule has 7 heteroatoms. The van der Waals surface area contributed by atoms with E-state index in [2.05, 4.69) is 5.32 Å². The minimum atomic E-state index is -0.797. The average molecular weight is 333 g/mol. The van der Waals surface area contributed by atoms with Crippen LogP contribution in [0.5, 0.6) is 0 Å². The highest BCUT2D eigenvalue weighted by Gasteiger charge is 2.55. The van der Waals surface area contributed by atoms with Crippen molar-refractivity contribution in [2.24, 2.45) is 0 Å². The summed E-state index contributed by atoms with van der Waals surface area (Å²) < 4.78 is 13.2. The molecule has 6 nitrogen and oxygen atoms in total. The van der Waals surface area contributed by atoms with Gasteiger partial charge in [0.25, 0.3) is 5.91 Å². The van der Waals surface area contributed by atoms with Crippen LogP contribution in [0.15, 0.2) is 24.3 Å². The monoisotopic (exact) mass is 333 g/mol. The second-order valence-corrected chi connectivity index (χ2v) is 6.38. The number of rotatable bonds is 3. The molecule has 1 heterocycles. The number of benzene rings is 1. The lowest BCUT2D eigenvalue weighted by Crippen LogP contribution is -2.49. The van der Waals surface area contributed by atoms with Gasteiger partial charge in [-0.2, -0.15) is 0 Å². The summed E-state index contributed by atoms with van der Waals surface area (Å²) in [4.78, 5) is 39.8. The first-order valence-electron chi connectivity index (χ1n) is 8.09. The van der Waals surface area contributed by atoms with Gasteiger partial charge in [0.2, 0.25) is 5.91 Å². The molecule has 0 bridgehead atoms. The van der Waals surface area contributed by atoms with Crippen molar-refractivity contribution in [3.8, 4) is 0 Å². The van der Waals surface area contributed by atoms with E-state index >= 15 is 0 Å². The van der Waals surface area contributed by atoms with Gasteiger partial charge in [-0.05, 0) is 31.0 Å². The van der Waals surface area contributed by atoms with Gasteiger partial charge in [-0.3, -0.25) is 14.5 Å². The highest BCUT2D eigenvalue weighted by molar-refractivity contribution is 6.10. The van der Waals surface area contributed by atoms with E-state index in [1.54, 1.807) is 13.1 Å². The molecule has 4 amide bonds. The first kappa shape index (κ1) is 16.4. The van der Waals surface area contributed by atoms with Gasteiger partial charge in [0, 0.05) is 12.7 Å². The third-order valence-electron chi connectivity index (χ3n) is 4.89. The Balaban J connectivity index is 1.71. The van der Waals surface area contributed by atoms with Gasteiger partial charge in [0.15, 0.2) is 0 Å². The number of amides is 4. The average Bonchev–Trinajstić information content (AvgIpc) is 2.72. The van der Waals surface area contributed by atoms with Crippen LogP contribution in [0.1, 0.15) is 32.1 Å². The van der Waals surface area contributed by atoms with Crippen molar-refractivity contribution in [3.63, 3.8) is 0 Å². The van der Waals surface area contributed by atoms with Crippen molar-refractivity contribution >= 4 is 23.5 Å². The number of nitrogens with one attached hydrogen (secondary N) is 1. The van der Waals surface area contributed by atoms with Gasteiger partial charge in [-0.1, -0.05) is 25.3 Å². The fourth-order valence-electron chi connectivity index (χ4n) is 3.58. The maximum atomic E-state index is 13.2. The van der Waals surface area contributed by atoms with Gasteiger partial charge in [0.05, 0.1) is 0 Å². The number of carbonyl (C=O) groups is 3. The lowest BCUT2D eigenvalue weighted by atomic mass is 9.81. The molecule has 2 fully saturated rings. The molecule has 1 aliphatic carbocycles. The van der Waals surface area contributed by atoms with Gasteiger partial charge < -0.3 is 10.2 Å². The summed E-state index contributed by atoms with van der Waals surface area (Å²) in [5, 5.41) is 2.51. The zero-order chi connectivity index (χ0) is 17.3. The maximum Gasteiger partial charge on any atom is 0.327 e. The Morgan fingerprint density at radius 3 is 2.62 bits per heavy atom. The second kappa shape index (κ2) is 6.22. The van der Waals surface area contributed by atoms with Crippen molar-refractivity contribution in [2.75, 3.05) is 18.9 Å². The summed E-state index contributed by atoms with van der Waals surface area (Å²) in [5.74, 6) is -1.30. The van der Waals surface area contributed by atoms with Crippen molar-refractivity contribution in [1.82, 2.24) is 9.80 Å². The van der Waals surface area contributed by atoms with Crippen molar-refractivity contribution in [1.29, 1.82) is 0 Å². The number of imide groups is 1. The van der Waals surface area contributed by atoms with Crippen molar-refractivity contribution < 1.29 is 18.8 Å².